The van der Waals surface area contributed by atoms with E-state index in [1.54, 1.807) is 14.2 Å². The Balaban J connectivity index is 2.11. The molecule has 1 aromatic heterocycles. The van der Waals surface area contributed by atoms with Gasteiger partial charge in [0.15, 0.2) is 11.5 Å². The predicted molar refractivity (Wildman–Crippen MR) is 101 cm³/mol. The molecule has 25 heavy (non-hydrogen) atoms. The van der Waals surface area contributed by atoms with Crippen LogP contribution in [-0.4, -0.2) is 30.3 Å². The van der Waals surface area contributed by atoms with Crippen LogP contribution >= 0.6 is 11.6 Å². The molecule has 3 aromatic rings. The molecule has 6 heteroatoms. The highest BCUT2D eigenvalue weighted by Crippen LogP contribution is 2.33. The van der Waals surface area contributed by atoms with Crippen LogP contribution < -0.4 is 15.2 Å². The monoisotopic (exact) mass is 359 g/mol. The summed E-state index contributed by atoms with van der Waals surface area (Å²) in [7, 11) is 3.26. The summed E-state index contributed by atoms with van der Waals surface area (Å²) in [5.41, 5.74) is 8.70. The third-order valence-corrected chi connectivity index (χ3v) is 4.40. The molecule has 0 saturated heterocycles. The summed E-state index contributed by atoms with van der Waals surface area (Å²) in [5.74, 6) is 2.36. The second-order valence-corrected chi connectivity index (χ2v) is 6.27. The quantitative estimate of drug-likeness (QED) is 0.699. The minimum atomic E-state index is 0.632. The number of fused-ring (bicyclic) bond motifs is 1. The number of aromatic nitrogens is 2. The SMILES string of the molecule is COc1cc2nc(CCCN)n(Cc3cccc(Cl)c3)c2cc1OC. The van der Waals surface area contributed by atoms with E-state index in [0.29, 0.717) is 24.6 Å². The molecule has 1 heterocycles. The fraction of sp³-hybridized carbons (Fsp3) is 0.316. The van der Waals surface area contributed by atoms with Gasteiger partial charge in [-0.3, -0.25) is 0 Å². The first-order valence-corrected chi connectivity index (χ1v) is 8.59. The molecule has 0 amide bonds. The zero-order valence-electron chi connectivity index (χ0n) is 14.5. The smallest absolute Gasteiger partial charge is 0.163 e. The molecule has 0 bridgehead atoms. The van der Waals surface area contributed by atoms with Gasteiger partial charge >= 0.3 is 0 Å². The van der Waals surface area contributed by atoms with Gasteiger partial charge in [-0.25, -0.2) is 4.98 Å². The van der Waals surface area contributed by atoms with Crippen molar-refractivity contribution in [3.8, 4) is 11.5 Å². The van der Waals surface area contributed by atoms with E-state index in [9.17, 15) is 0 Å². The topological polar surface area (TPSA) is 62.3 Å². The van der Waals surface area contributed by atoms with Crippen LogP contribution in [0.25, 0.3) is 11.0 Å². The molecule has 2 aromatic carbocycles. The van der Waals surface area contributed by atoms with Crippen molar-refractivity contribution in [3.63, 3.8) is 0 Å². The number of hydrogen-bond acceptors (Lipinski definition) is 4. The zero-order valence-corrected chi connectivity index (χ0v) is 15.2. The number of ether oxygens (including phenoxy) is 2. The minimum Gasteiger partial charge on any atom is -0.493 e. The number of aryl methyl sites for hydroxylation is 1. The number of hydrogen-bond donors (Lipinski definition) is 1. The van der Waals surface area contributed by atoms with Crippen molar-refractivity contribution in [1.82, 2.24) is 9.55 Å². The van der Waals surface area contributed by atoms with E-state index >= 15 is 0 Å². The van der Waals surface area contributed by atoms with Crippen molar-refractivity contribution in [1.29, 1.82) is 0 Å². The highest BCUT2D eigenvalue weighted by atomic mass is 35.5. The normalized spacial score (nSPS) is 11.0. The molecule has 0 aliphatic carbocycles. The van der Waals surface area contributed by atoms with Gasteiger partial charge in [0.2, 0.25) is 0 Å². The first-order valence-electron chi connectivity index (χ1n) is 8.22. The zero-order chi connectivity index (χ0) is 17.8. The van der Waals surface area contributed by atoms with E-state index in [-0.39, 0.29) is 0 Å². The molecule has 5 nitrogen and oxygen atoms in total. The summed E-state index contributed by atoms with van der Waals surface area (Å²) in [6, 6.07) is 11.7. The van der Waals surface area contributed by atoms with E-state index in [0.717, 1.165) is 40.3 Å². The first kappa shape index (κ1) is 17.6. The van der Waals surface area contributed by atoms with Crippen molar-refractivity contribution in [2.24, 2.45) is 5.73 Å². The Labute approximate surface area is 152 Å². The number of nitrogens with zero attached hydrogens (tertiary/aromatic N) is 2. The van der Waals surface area contributed by atoms with Crippen LogP contribution in [0.5, 0.6) is 11.5 Å². The van der Waals surface area contributed by atoms with E-state index in [4.69, 9.17) is 31.8 Å². The number of methoxy groups -OCH3 is 2. The van der Waals surface area contributed by atoms with Gasteiger partial charge in [-0.2, -0.15) is 0 Å². The fourth-order valence-electron chi connectivity index (χ4n) is 2.95. The van der Waals surface area contributed by atoms with Crippen LogP contribution in [0.4, 0.5) is 0 Å². The third kappa shape index (κ3) is 3.72. The number of rotatable bonds is 7. The molecule has 0 saturated carbocycles. The Morgan fingerprint density at radius 1 is 1.12 bits per heavy atom. The Morgan fingerprint density at radius 3 is 2.56 bits per heavy atom. The predicted octanol–water partition coefficient (Wildman–Crippen LogP) is 3.65. The summed E-state index contributed by atoms with van der Waals surface area (Å²) in [5, 5.41) is 0.727. The molecule has 0 aliphatic rings. The van der Waals surface area contributed by atoms with Gasteiger partial charge in [0, 0.05) is 30.1 Å². The van der Waals surface area contributed by atoms with Crippen molar-refractivity contribution >= 4 is 22.6 Å². The van der Waals surface area contributed by atoms with Crippen LogP contribution in [0.2, 0.25) is 5.02 Å². The lowest BCUT2D eigenvalue weighted by atomic mass is 10.2. The Morgan fingerprint density at radius 2 is 1.88 bits per heavy atom. The number of halogens is 1. The van der Waals surface area contributed by atoms with Crippen LogP contribution in [-0.2, 0) is 13.0 Å². The molecule has 0 unspecified atom stereocenters. The maximum Gasteiger partial charge on any atom is 0.163 e. The van der Waals surface area contributed by atoms with Crippen LogP contribution in [0, 0.1) is 0 Å². The lowest BCUT2D eigenvalue weighted by Crippen LogP contribution is -2.08. The molecule has 0 radical (unpaired) electrons. The molecular weight excluding hydrogens is 338 g/mol. The second-order valence-electron chi connectivity index (χ2n) is 5.83. The molecular formula is C19H22ClN3O2. The van der Waals surface area contributed by atoms with Gasteiger partial charge in [0.25, 0.3) is 0 Å². The largest absolute Gasteiger partial charge is 0.493 e. The lowest BCUT2D eigenvalue weighted by molar-refractivity contribution is 0.355. The Kier molecular flexibility index (Phi) is 5.46. The van der Waals surface area contributed by atoms with Gasteiger partial charge < -0.3 is 19.8 Å². The van der Waals surface area contributed by atoms with Gasteiger partial charge in [0.05, 0.1) is 25.3 Å². The average molecular weight is 360 g/mol. The number of benzene rings is 2. The molecule has 0 spiro atoms. The standard InChI is InChI=1S/C19H22ClN3O2/c1-24-17-10-15-16(11-18(17)25-2)23(19(22-15)7-4-8-21)12-13-5-3-6-14(20)9-13/h3,5-6,9-11H,4,7-8,12,21H2,1-2H3. The maximum atomic E-state index is 6.14. The number of imidazole rings is 1. The van der Waals surface area contributed by atoms with Crippen LogP contribution in [0.3, 0.4) is 0 Å². The molecule has 0 atom stereocenters. The van der Waals surface area contributed by atoms with Gasteiger partial charge in [-0.1, -0.05) is 23.7 Å². The Hall–Kier alpha value is -2.24. The highest BCUT2D eigenvalue weighted by Gasteiger charge is 2.15. The maximum absolute atomic E-state index is 6.14. The highest BCUT2D eigenvalue weighted by molar-refractivity contribution is 6.30. The van der Waals surface area contributed by atoms with E-state index < -0.39 is 0 Å². The Bertz CT molecular complexity index is 876. The van der Waals surface area contributed by atoms with E-state index in [1.165, 1.54) is 0 Å². The molecule has 3 rings (SSSR count). The van der Waals surface area contributed by atoms with Crippen molar-refractivity contribution in [2.45, 2.75) is 19.4 Å². The van der Waals surface area contributed by atoms with E-state index in [2.05, 4.69) is 10.6 Å². The minimum absolute atomic E-state index is 0.632. The summed E-state index contributed by atoms with van der Waals surface area (Å²) >= 11 is 6.14. The lowest BCUT2D eigenvalue weighted by Gasteiger charge is -2.11. The fourth-order valence-corrected chi connectivity index (χ4v) is 3.16. The summed E-state index contributed by atoms with van der Waals surface area (Å²) < 4.78 is 13.0. The second kappa shape index (κ2) is 7.76. The molecule has 132 valence electrons. The van der Waals surface area contributed by atoms with Gasteiger partial charge in [-0.15, -0.1) is 0 Å². The summed E-state index contributed by atoms with van der Waals surface area (Å²) in [4.78, 5) is 4.79. The number of nitrogens with two attached hydrogens (primary N) is 1. The van der Waals surface area contributed by atoms with Crippen LogP contribution in [0.1, 0.15) is 17.8 Å². The molecule has 2 N–H and O–H groups in total. The summed E-state index contributed by atoms with van der Waals surface area (Å²) in [6.45, 7) is 1.32. The van der Waals surface area contributed by atoms with Crippen LogP contribution in [0.15, 0.2) is 36.4 Å². The average Bonchev–Trinajstić information content (AvgIpc) is 2.95. The third-order valence-electron chi connectivity index (χ3n) is 4.17. The van der Waals surface area contributed by atoms with Crippen molar-refractivity contribution < 1.29 is 9.47 Å². The first-order chi connectivity index (χ1) is 12.2. The van der Waals surface area contributed by atoms with Crippen molar-refractivity contribution in [2.75, 3.05) is 20.8 Å². The van der Waals surface area contributed by atoms with E-state index in [1.807, 2.05) is 30.3 Å². The van der Waals surface area contributed by atoms with Crippen molar-refractivity contribution in [3.05, 3.63) is 52.8 Å². The van der Waals surface area contributed by atoms with Gasteiger partial charge in [-0.05, 0) is 30.7 Å². The summed E-state index contributed by atoms with van der Waals surface area (Å²) in [6.07, 6.45) is 1.70. The molecule has 0 aliphatic heterocycles. The molecule has 0 fully saturated rings. The van der Waals surface area contributed by atoms with Gasteiger partial charge in [0.1, 0.15) is 5.82 Å².